The van der Waals surface area contributed by atoms with E-state index in [1.165, 1.54) is 11.1 Å². The summed E-state index contributed by atoms with van der Waals surface area (Å²) in [4.78, 5) is 14.7. The van der Waals surface area contributed by atoms with Crippen molar-refractivity contribution in [2.45, 2.75) is 39.7 Å². The Morgan fingerprint density at radius 3 is 2.77 bits per heavy atom. The lowest BCUT2D eigenvalue weighted by Crippen LogP contribution is -2.43. The van der Waals surface area contributed by atoms with Crippen LogP contribution >= 0.6 is 0 Å². The van der Waals surface area contributed by atoms with Crippen LogP contribution < -0.4 is 4.74 Å². The van der Waals surface area contributed by atoms with Crippen LogP contribution in [0, 0.1) is 19.8 Å². The molecule has 0 N–H and O–H groups in total. The van der Waals surface area contributed by atoms with Gasteiger partial charge in [-0.15, -0.1) is 0 Å². The predicted octanol–water partition coefficient (Wildman–Crippen LogP) is 2.49. The fraction of sp³-hybridized carbons (Fsp3) is 0.611. The summed E-state index contributed by atoms with van der Waals surface area (Å²) in [6.07, 6.45) is 1.37. The van der Waals surface area contributed by atoms with Crippen LogP contribution in [0.25, 0.3) is 0 Å². The minimum atomic E-state index is -0.363. The van der Waals surface area contributed by atoms with E-state index in [1.54, 1.807) is 0 Å². The molecule has 1 saturated heterocycles. The number of carbonyl (C=O) groups is 1. The van der Waals surface area contributed by atoms with E-state index in [2.05, 4.69) is 26.0 Å². The summed E-state index contributed by atoms with van der Waals surface area (Å²) in [7, 11) is 0. The molecule has 0 radical (unpaired) electrons. The van der Waals surface area contributed by atoms with Crippen LogP contribution in [0.2, 0.25) is 0 Å². The summed E-state index contributed by atoms with van der Waals surface area (Å²) >= 11 is 0. The second kappa shape index (κ2) is 6.29. The number of nitrogens with zero attached hydrogens (tertiary/aromatic N) is 1. The zero-order chi connectivity index (χ0) is 15.7. The summed E-state index contributed by atoms with van der Waals surface area (Å²) < 4.78 is 11.3. The highest BCUT2D eigenvalue weighted by Gasteiger charge is 2.33. The third-order valence-corrected chi connectivity index (χ3v) is 4.82. The number of hydrogen-bond donors (Lipinski definition) is 0. The number of rotatable bonds is 4. The fourth-order valence-corrected chi connectivity index (χ4v) is 3.27. The zero-order valence-electron chi connectivity index (χ0n) is 13.7. The molecule has 0 unspecified atom stereocenters. The second-order valence-corrected chi connectivity index (χ2v) is 6.46. The molecule has 2 atom stereocenters. The molecule has 4 heteroatoms. The minimum absolute atomic E-state index is 0.112. The number of likely N-dealkylation sites (N-methyl/N-ethyl adjacent to an activating group) is 1. The first-order valence-electron chi connectivity index (χ1n) is 8.21. The van der Waals surface area contributed by atoms with Crippen molar-refractivity contribution in [2.75, 3.05) is 26.3 Å². The van der Waals surface area contributed by atoms with Crippen LogP contribution in [-0.4, -0.2) is 43.2 Å². The lowest BCUT2D eigenvalue weighted by atomic mass is 10.0. The van der Waals surface area contributed by atoms with Crippen molar-refractivity contribution in [3.8, 4) is 5.75 Å². The summed E-state index contributed by atoms with van der Waals surface area (Å²) in [5, 5.41) is 0. The maximum Gasteiger partial charge on any atom is 0.263 e. The standard InChI is InChI=1S/C18H25NO3/c1-4-19(10-14-5-6-21-11-14)18(20)17-9-15-7-12(2)13(3)8-16(15)22-17/h7-8,14,17H,4-6,9-11H2,1-3H3/t14-,17-/m0/s1. The quantitative estimate of drug-likeness (QED) is 0.858. The van der Waals surface area contributed by atoms with Gasteiger partial charge < -0.3 is 14.4 Å². The molecule has 0 spiro atoms. The molecular formula is C18H25NO3. The van der Waals surface area contributed by atoms with Crippen molar-refractivity contribution in [2.24, 2.45) is 5.92 Å². The van der Waals surface area contributed by atoms with Crippen molar-refractivity contribution in [3.05, 3.63) is 28.8 Å². The van der Waals surface area contributed by atoms with Gasteiger partial charge in [0.2, 0.25) is 0 Å². The molecule has 120 valence electrons. The first-order valence-corrected chi connectivity index (χ1v) is 8.21. The van der Waals surface area contributed by atoms with Crippen molar-refractivity contribution in [1.29, 1.82) is 0 Å². The van der Waals surface area contributed by atoms with Gasteiger partial charge in [0.25, 0.3) is 5.91 Å². The van der Waals surface area contributed by atoms with E-state index in [9.17, 15) is 4.79 Å². The maximum atomic E-state index is 12.8. The van der Waals surface area contributed by atoms with Crippen LogP contribution in [0.4, 0.5) is 0 Å². The number of carbonyl (C=O) groups excluding carboxylic acids is 1. The number of hydrogen-bond acceptors (Lipinski definition) is 3. The van der Waals surface area contributed by atoms with Gasteiger partial charge in [-0.05, 0) is 49.9 Å². The summed E-state index contributed by atoms with van der Waals surface area (Å²) in [5.74, 6) is 1.46. The molecule has 0 bridgehead atoms. The molecule has 2 aliphatic rings. The molecule has 2 aliphatic heterocycles. The molecule has 1 amide bonds. The first-order chi connectivity index (χ1) is 10.6. The van der Waals surface area contributed by atoms with E-state index >= 15 is 0 Å². The molecule has 4 nitrogen and oxygen atoms in total. The number of benzene rings is 1. The molecule has 22 heavy (non-hydrogen) atoms. The van der Waals surface area contributed by atoms with Crippen LogP contribution in [0.1, 0.15) is 30.0 Å². The molecule has 0 aromatic heterocycles. The Morgan fingerprint density at radius 2 is 2.09 bits per heavy atom. The van der Waals surface area contributed by atoms with Gasteiger partial charge in [0.05, 0.1) is 6.61 Å². The summed E-state index contributed by atoms with van der Waals surface area (Å²) in [6, 6.07) is 4.21. The van der Waals surface area contributed by atoms with E-state index in [1.807, 2.05) is 11.8 Å². The second-order valence-electron chi connectivity index (χ2n) is 6.46. The third kappa shape index (κ3) is 2.98. The smallest absolute Gasteiger partial charge is 0.263 e. The maximum absolute atomic E-state index is 12.8. The molecule has 1 fully saturated rings. The Labute approximate surface area is 132 Å². The lowest BCUT2D eigenvalue weighted by molar-refractivity contribution is -0.138. The van der Waals surface area contributed by atoms with Gasteiger partial charge in [-0.2, -0.15) is 0 Å². The van der Waals surface area contributed by atoms with E-state index in [0.717, 1.165) is 44.0 Å². The van der Waals surface area contributed by atoms with Crippen LogP contribution in [0.15, 0.2) is 12.1 Å². The highest BCUT2D eigenvalue weighted by atomic mass is 16.5. The van der Waals surface area contributed by atoms with Crippen LogP contribution in [-0.2, 0) is 16.0 Å². The van der Waals surface area contributed by atoms with Crippen molar-refractivity contribution >= 4 is 5.91 Å². The lowest BCUT2D eigenvalue weighted by Gasteiger charge is -2.26. The highest BCUT2D eigenvalue weighted by molar-refractivity contribution is 5.82. The highest BCUT2D eigenvalue weighted by Crippen LogP contribution is 2.32. The Bertz CT molecular complexity index is 533. The first kappa shape index (κ1) is 15.3. The van der Waals surface area contributed by atoms with Gasteiger partial charge in [-0.25, -0.2) is 0 Å². The van der Waals surface area contributed by atoms with Crippen molar-refractivity contribution in [3.63, 3.8) is 0 Å². The number of fused-ring (bicyclic) bond motifs is 1. The van der Waals surface area contributed by atoms with E-state index in [4.69, 9.17) is 9.47 Å². The normalized spacial score (nSPS) is 23.2. The Balaban J connectivity index is 1.67. The number of ether oxygens (including phenoxy) is 2. The summed E-state index contributed by atoms with van der Waals surface area (Å²) in [6.45, 7) is 9.31. The number of aryl methyl sites for hydroxylation is 2. The predicted molar refractivity (Wildman–Crippen MR) is 85.2 cm³/mol. The molecule has 2 heterocycles. The van der Waals surface area contributed by atoms with Gasteiger partial charge in [0, 0.05) is 32.0 Å². The van der Waals surface area contributed by atoms with Gasteiger partial charge in [0.15, 0.2) is 6.10 Å². The van der Waals surface area contributed by atoms with Gasteiger partial charge in [0.1, 0.15) is 5.75 Å². The number of amides is 1. The Kier molecular flexibility index (Phi) is 4.39. The van der Waals surface area contributed by atoms with E-state index < -0.39 is 0 Å². The van der Waals surface area contributed by atoms with E-state index in [0.29, 0.717) is 12.3 Å². The van der Waals surface area contributed by atoms with Gasteiger partial charge in [-0.3, -0.25) is 4.79 Å². The van der Waals surface area contributed by atoms with Crippen LogP contribution in [0.5, 0.6) is 5.75 Å². The van der Waals surface area contributed by atoms with E-state index in [-0.39, 0.29) is 12.0 Å². The molecule has 3 rings (SSSR count). The average Bonchev–Trinajstić information content (AvgIpc) is 3.14. The van der Waals surface area contributed by atoms with Gasteiger partial charge in [-0.1, -0.05) is 6.07 Å². The Hall–Kier alpha value is -1.55. The van der Waals surface area contributed by atoms with Crippen molar-refractivity contribution in [1.82, 2.24) is 4.90 Å². The zero-order valence-corrected chi connectivity index (χ0v) is 13.7. The monoisotopic (exact) mass is 303 g/mol. The molecule has 1 aromatic carbocycles. The topological polar surface area (TPSA) is 38.8 Å². The summed E-state index contributed by atoms with van der Waals surface area (Å²) in [5.41, 5.74) is 3.62. The molecule has 0 aliphatic carbocycles. The van der Waals surface area contributed by atoms with Crippen LogP contribution in [0.3, 0.4) is 0 Å². The molecule has 0 saturated carbocycles. The largest absolute Gasteiger partial charge is 0.480 e. The Morgan fingerprint density at radius 1 is 1.32 bits per heavy atom. The fourth-order valence-electron chi connectivity index (χ4n) is 3.27. The van der Waals surface area contributed by atoms with Crippen molar-refractivity contribution < 1.29 is 14.3 Å². The average molecular weight is 303 g/mol. The SMILES string of the molecule is CCN(C[C@@H]1CCOC1)C(=O)[C@@H]1Cc2cc(C)c(C)cc2O1. The molecular weight excluding hydrogens is 278 g/mol. The third-order valence-electron chi connectivity index (χ3n) is 4.82. The minimum Gasteiger partial charge on any atom is -0.480 e. The molecule has 1 aromatic rings. The van der Waals surface area contributed by atoms with Gasteiger partial charge >= 0.3 is 0 Å².